The van der Waals surface area contributed by atoms with E-state index in [9.17, 15) is 0 Å². The van der Waals surface area contributed by atoms with E-state index in [1.807, 2.05) is 44.2 Å². The molecule has 0 aliphatic carbocycles. The molecule has 1 fully saturated rings. The Bertz CT molecular complexity index is 1430. The number of aliphatic imine (C=N–C) groups is 1. The predicted molar refractivity (Wildman–Crippen MR) is 170 cm³/mol. The molecule has 4 aromatic rings. The largest absolute Gasteiger partial charge is 0.495 e. The van der Waals surface area contributed by atoms with Gasteiger partial charge in [-0.05, 0) is 55.4 Å². The molecule has 9 heteroatoms. The Labute approximate surface area is 247 Å². The second-order valence-corrected chi connectivity index (χ2v) is 10.3. The summed E-state index contributed by atoms with van der Waals surface area (Å²) in [5.74, 6) is 1.80. The number of benzene rings is 3. The lowest BCUT2D eigenvalue weighted by molar-refractivity contribution is 0.150. The lowest BCUT2D eigenvalue weighted by atomic mass is 9.96. The van der Waals surface area contributed by atoms with Crippen molar-refractivity contribution in [3.63, 3.8) is 0 Å². The van der Waals surface area contributed by atoms with Crippen molar-refractivity contribution in [2.75, 3.05) is 43.9 Å². The highest BCUT2D eigenvalue weighted by molar-refractivity contribution is 7.80. The molecule has 8 nitrogen and oxygen atoms in total. The number of nitrogens with one attached hydrogen (secondary N) is 2. The molecule has 2 N–H and O–H groups in total. The first kappa shape index (κ1) is 28.2. The van der Waals surface area contributed by atoms with Crippen LogP contribution in [0.4, 0.5) is 11.6 Å². The molecular formula is C32H35N7OS. The van der Waals surface area contributed by atoms with E-state index >= 15 is 0 Å². The number of rotatable bonds is 6. The lowest BCUT2D eigenvalue weighted by Gasteiger charge is -2.40. The van der Waals surface area contributed by atoms with E-state index < -0.39 is 0 Å². The third-order valence-electron chi connectivity index (χ3n) is 6.97. The average Bonchev–Trinajstić information content (AvgIpc) is 2.98. The second-order valence-electron chi connectivity index (χ2n) is 9.91. The molecule has 0 atom stereocenters. The maximum atomic E-state index is 5.68. The van der Waals surface area contributed by atoms with Crippen molar-refractivity contribution in [3.05, 3.63) is 114 Å². The van der Waals surface area contributed by atoms with Crippen LogP contribution in [0, 0.1) is 13.8 Å². The average molecular weight is 566 g/mol. The monoisotopic (exact) mass is 565 g/mol. The quantitative estimate of drug-likeness (QED) is 0.176. The van der Waals surface area contributed by atoms with Crippen LogP contribution in [0.25, 0.3) is 0 Å². The molecule has 210 valence electrons. The van der Waals surface area contributed by atoms with Crippen molar-refractivity contribution < 1.29 is 4.74 Å². The standard InChI is InChI=1S/C32H35N7OS/c1-23-22-24(2)34-30(33-23)36-31(37-32(41)35-27-16-10-11-17-28(27)40-3)39-20-18-38(19-21-39)29(25-12-6-4-7-13-25)26-14-8-5-9-15-26/h4-17,22,29H,18-21H2,1-3H3,(H2,33,34,35,36,37,41). The van der Waals surface area contributed by atoms with Gasteiger partial charge in [0.1, 0.15) is 5.75 Å². The first-order valence-electron chi connectivity index (χ1n) is 13.7. The smallest absolute Gasteiger partial charge is 0.229 e. The van der Waals surface area contributed by atoms with Crippen molar-refractivity contribution >= 4 is 34.9 Å². The van der Waals surface area contributed by atoms with Gasteiger partial charge < -0.3 is 15.0 Å². The molecule has 3 aromatic carbocycles. The number of anilines is 2. The van der Waals surface area contributed by atoms with Crippen LogP contribution in [0.2, 0.25) is 0 Å². The summed E-state index contributed by atoms with van der Waals surface area (Å²) in [6.07, 6.45) is 0. The summed E-state index contributed by atoms with van der Waals surface area (Å²) in [7, 11) is 1.63. The van der Waals surface area contributed by atoms with Crippen LogP contribution in [0.5, 0.6) is 5.75 Å². The van der Waals surface area contributed by atoms with Crippen molar-refractivity contribution in [2.45, 2.75) is 19.9 Å². The number of methoxy groups -OCH3 is 1. The molecule has 1 aliphatic rings. The Kier molecular flexibility index (Phi) is 9.18. The normalized spacial score (nSPS) is 14.1. The first-order chi connectivity index (χ1) is 20.0. The second kappa shape index (κ2) is 13.3. The number of aryl methyl sites for hydroxylation is 2. The Morgan fingerprint density at radius 2 is 1.37 bits per heavy atom. The van der Waals surface area contributed by atoms with E-state index in [0.717, 1.165) is 43.3 Å². The minimum absolute atomic E-state index is 0.170. The molecule has 0 spiro atoms. The summed E-state index contributed by atoms with van der Waals surface area (Å²) < 4.78 is 5.47. The van der Waals surface area contributed by atoms with Gasteiger partial charge in [0.15, 0.2) is 0 Å². The van der Waals surface area contributed by atoms with Crippen LogP contribution < -0.4 is 15.4 Å². The Hall–Kier alpha value is -4.34. The fourth-order valence-electron chi connectivity index (χ4n) is 5.12. The van der Waals surface area contributed by atoms with E-state index in [4.69, 9.17) is 21.9 Å². The highest BCUT2D eigenvalue weighted by Crippen LogP contribution is 2.29. The Morgan fingerprint density at radius 3 is 1.95 bits per heavy atom. The molecule has 0 bridgehead atoms. The SMILES string of the molecule is COc1ccccc1NC(=S)/N=C(\Nc1nc(C)cc(C)n1)N1CCN(C(c2ccccc2)c2ccccc2)CC1. The van der Waals surface area contributed by atoms with Crippen molar-refractivity contribution in [1.29, 1.82) is 0 Å². The highest BCUT2D eigenvalue weighted by Gasteiger charge is 2.28. The van der Waals surface area contributed by atoms with Gasteiger partial charge in [0.2, 0.25) is 17.0 Å². The topological polar surface area (TPSA) is 77.9 Å². The number of guanidine groups is 1. The van der Waals surface area contributed by atoms with Crippen molar-refractivity contribution in [3.8, 4) is 5.75 Å². The molecule has 0 saturated carbocycles. The Balaban J connectivity index is 1.38. The molecule has 1 aromatic heterocycles. The summed E-state index contributed by atoms with van der Waals surface area (Å²) in [6, 6.07) is 31.1. The molecule has 5 rings (SSSR count). The summed E-state index contributed by atoms with van der Waals surface area (Å²) in [4.78, 5) is 18.7. The van der Waals surface area contributed by atoms with Gasteiger partial charge in [0.25, 0.3) is 0 Å². The number of hydrogen-bond acceptors (Lipinski definition) is 5. The number of ether oxygens (including phenoxy) is 1. The molecule has 0 radical (unpaired) electrons. The van der Waals surface area contributed by atoms with Crippen molar-refractivity contribution in [1.82, 2.24) is 19.8 Å². The summed E-state index contributed by atoms with van der Waals surface area (Å²) in [5.41, 5.74) is 5.08. The summed E-state index contributed by atoms with van der Waals surface area (Å²) in [6.45, 7) is 7.10. The van der Waals surface area contributed by atoms with Gasteiger partial charge in [-0.3, -0.25) is 10.2 Å². The zero-order chi connectivity index (χ0) is 28.6. The number of piperazine rings is 1. The van der Waals surface area contributed by atoms with E-state index in [-0.39, 0.29) is 6.04 Å². The lowest BCUT2D eigenvalue weighted by Crippen LogP contribution is -2.52. The molecule has 0 amide bonds. The molecular weight excluding hydrogens is 530 g/mol. The Morgan fingerprint density at radius 1 is 0.805 bits per heavy atom. The minimum Gasteiger partial charge on any atom is -0.495 e. The van der Waals surface area contributed by atoms with Crippen LogP contribution in [0.1, 0.15) is 28.6 Å². The van der Waals surface area contributed by atoms with Gasteiger partial charge in [-0.15, -0.1) is 0 Å². The van der Waals surface area contributed by atoms with E-state index in [0.29, 0.717) is 22.8 Å². The highest BCUT2D eigenvalue weighted by atomic mass is 32.1. The zero-order valence-electron chi connectivity index (χ0n) is 23.6. The van der Waals surface area contributed by atoms with Gasteiger partial charge in [-0.25, -0.2) is 9.97 Å². The fourth-order valence-corrected chi connectivity index (χ4v) is 5.32. The van der Waals surface area contributed by atoms with Gasteiger partial charge in [0.05, 0.1) is 18.8 Å². The van der Waals surface area contributed by atoms with E-state index in [1.165, 1.54) is 11.1 Å². The van der Waals surface area contributed by atoms with Crippen LogP contribution >= 0.6 is 12.2 Å². The van der Waals surface area contributed by atoms with Crippen LogP contribution in [-0.2, 0) is 0 Å². The number of aromatic nitrogens is 2. The van der Waals surface area contributed by atoms with E-state index in [1.54, 1.807) is 7.11 Å². The molecule has 41 heavy (non-hydrogen) atoms. The number of thiocarbonyl (C=S) groups is 1. The summed E-state index contributed by atoms with van der Waals surface area (Å²) in [5, 5.41) is 6.89. The molecule has 1 aliphatic heterocycles. The molecule has 1 saturated heterocycles. The van der Waals surface area contributed by atoms with Crippen LogP contribution in [0.3, 0.4) is 0 Å². The summed E-state index contributed by atoms with van der Waals surface area (Å²) >= 11 is 5.68. The molecule has 2 heterocycles. The molecule has 0 unspecified atom stereocenters. The number of nitrogens with zero attached hydrogens (tertiary/aromatic N) is 5. The van der Waals surface area contributed by atoms with Gasteiger partial charge in [-0.2, -0.15) is 4.99 Å². The maximum Gasteiger partial charge on any atom is 0.229 e. The van der Waals surface area contributed by atoms with Crippen LogP contribution in [-0.4, -0.2) is 64.1 Å². The first-order valence-corrected chi connectivity index (χ1v) is 14.1. The third kappa shape index (κ3) is 7.25. The number of hydrogen-bond donors (Lipinski definition) is 2. The van der Waals surface area contributed by atoms with E-state index in [2.05, 4.69) is 91.1 Å². The van der Waals surface area contributed by atoms with Crippen molar-refractivity contribution in [2.24, 2.45) is 4.99 Å². The maximum absolute atomic E-state index is 5.68. The fraction of sp³-hybridized carbons (Fsp3) is 0.250. The zero-order valence-corrected chi connectivity index (χ0v) is 24.4. The van der Waals surface area contributed by atoms with Gasteiger partial charge >= 0.3 is 0 Å². The number of para-hydroxylation sites is 2. The minimum atomic E-state index is 0.170. The van der Waals surface area contributed by atoms with Gasteiger partial charge in [0, 0.05) is 37.6 Å². The third-order valence-corrected chi connectivity index (χ3v) is 7.16. The predicted octanol–water partition coefficient (Wildman–Crippen LogP) is 5.67. The van der Waals surface area contributed by atoms with Gasteiger partial charge in [-0.1, -0.05) is 72.8 Å². The van der Waals surface area contributed by atoms with Crippen LogP contribution in [0.15, 0.2) is 96.0 Å².